The highest BCUT2D eigenvalue weighted by Crippen LogP contribution is 2.14. The molecule has 0 aromatic heterocycles. The van der Waals surface area contributed by atoms with Crippen LogP contribution >= 0.6 is 0 Å². The minimum Gasteiger partial charge on any atom is -0.0958 e. The molecule has 0 bridgehead atoms. The van der Waals surface area contributed by atoms with Gasteiger partial charge in [-0.25, -0.2) is 0 Å². The minimum absolute atomic E-state index is 1.11. The Morgan fingerprint density at radius 2 is 2.00 bits per heavy atom. The van der Waals surface area contributed by atoms with E-state index < -0.39 is 0 Å². The molecular formula is C16H18. The molecule has 1 aliphatic carbocycles. The number of fused-ring (bicyclic) bond motifs is 1. The van der Waals surface area contributed by atoms with Crippen molar-refractivity contribution < 1.29 is 0 Å². The van der Waals surface area contributed by atoms with E-state index in [4.69, 9.17) is 0 Å². The molecule has 0 atom stereocenters. The van der Waals surface area contributed by atoms with E-state index in [1.165, 1.54) is 27.1 Å². The number of hydrogen-bond donors (Lipinski definition) is 0. The summed E-state index contributed by atoms with van der Waals surface area (Å²) >= 11 is 0. The predicted octanol–water partition coefficient (Wildman–Crippen LogP) is 2.80. The molecule has 0 saturated heterocycles. The monoisotopic (exact) mass is 210 g/mol. The molecule has 0 spiro atoms. The van der Waals surface area contributed by atoms with Gasteiger partial charge in [-0.2, -0.15) is 0 Å². The normalized spacial score (nSPS) is 15.6. The first kappa shape index (κ1) is 10.9. The average molecular weight is 210 g/mol. The highest BCUT2D eigenvalue weighted by Gasteiger charge is 2.06. The zero-order valence-corrected chi connectivity index (χ0v) is 10.1. The van der Waals surface area contributed by atoms with Gasteiger partial charge < -0.3 is 0 Å². The van der Waals surface area contributed by atoms with E-state index in [0.717, 1.165) is 18.4 Å². The van der Waals surface area contributed by atoms with Crippen molar-refractivity contribution in [2.45, 2.75) is 26.7 Å². The lowest BCUT2D eigenvalue weighted by molar-refractivity contribution is 0.972. The number of benzene rings is 1. The second kappa shape index (κ2) is 4.13. The van der Waals surface area contributed by atoms with E-state index in [-0.39, 0.29) is 0 Å². The zero-order valence-electron chi connectivity index (χ0n) is 10.1. The zero-order chi connectivity index (χ0) is 11.7. The summed E-state index contributed by atoms with van der Waals surface area (Å²) < 4.78 is 0. The summed E-state index contributed by atoms with van der Waals surface area (Å²) in [4.78, 5) is 0. The molecule has 0 fully saturated rings. The van der Waals surface area contributed by atoms with Gasteiger partial charge in [0.15, 0.2) is 0 Å². The molecule has 16 heavy (non-hydrogen) atoms. The van der Waals surface area contributed by atoms with Gasteiger partial charge >= 0.3 is 0 Å². The Morgan fingerprint density at radius 1 is 1.25 bits per heavy atom. The molecule has 0 nitrogen and oxygen atoms in total. The third-order valence-corrected chi connectivity index (χ3v) is 3.37. The smallest absolute Gasteiger partial charge is 0.0155 e. The molecule has 1 aromatic carbocycles. The standard InChI is InChI=1S/C16H18/c1-11(2)12(3)15-10-9-14-7-5-6-8-16(14)13(15)4/h5,7,9-10H,1,4,6,8H2,2-3H3/b15-12-. The maximum Gasteiger partial charge on any atom is -0.0155 e. The Balaban J connectivity index is 2.79. The first-order chi connectivity index (χ1) is 7.61. The molecule has 0 aliphatic heterocycles. The van der Waals surface area contributed by atoms with E-state index in [0.29, 0.717) is 0 Å². The molecule has 0 saturated carbocycles. The fourth-order valence-electron chi connectivity index (χ4n) is 2.18. The average Bonchev–Trinajstić information content (AvgIpc) is 2.29. The third-order valence-electron chi connectivity index (χ3n) is 3.37. The molecular weight excluding hydrogens is 192 g/mol. The van der Waals surface area contributed by atoms with Crippen LogP contribution in [0.5, 0.6) is 0 Å². The SMILES string of the molecule is C=C(C)/C(C)=c1/ccc2c(c1=C)CCC=C2. The second-order valence-electron chi connectivity index (χ2n) is 4.51. The quantitative estimate of drug-likeness (QED) is 0.668. The van der Waals surface area contributed by atoms with Crippen molar-refractivity contribution in [2.24, 2.45) is 0 Å². The van der Waals surface area contributed by atoms with Gasteiger partial charge in [0.25, 0.3) is 0 Å². The van der Waals surface area contributed by atoms with Crippen LogP contribution in [-0.2, 0) is 6.42 Å². The van der Waals surface area contributed by atoms with Crippen molar-refractivity contribution in [3.05, 3.63) is 51.9 Å². The minimum atomic E-state index is 1.11. The Kier molecular flexibility index (Phi) is 2.82. The Hall–Kier alpha value is -1.56. The van der Waals surface area contributed by atoms with Gasteiger partial charge in [0, 0.05) is 0 Å². The molecule has 82 valence electrons. The molecule has 2 rings (SSSR count). The molecule has 0 radical (unpaired) electrons. The van der Waals surface area contributed by atoms with Gasteiger partial charge in [0.2, 0.25) is 0 Å². The van der Waals surface area contributed by atoms with Crippen molar-refractivity contribution >= 4 is 18.2 Å². The van der Waals surface area contributed by atoms with E-state index >= 15 is 0 Å². The molecule has 1 aliphatic rings. The Morgan fingerprint density at radius 3 is 2.69 bits per heavy atom. The van der Waals surface area contributed by atoms with Crippen molar-refractivity contribution in [3.63, 3.8) is 0 Å². The maximum absolute atomic E-state index is 4.24. The summed E-state index contributed by atoms with van der Waals surface area (Å²) in [7, 11) is 0. The van der Waals surface area contributed by atoms with Crippen LogP contribution in [0.25, 0.3) is 18.2 Å². The van der Waals surface area contributed by atoms with Crippen LogP contribution in [0.1, 0.15) is 31.4 Å². The number of allylic oxidation sites excluding steroid dienone is 2. The summed E-state index contributed by atoms with van der Waals surface area (Å²) in [5.74, 6) is 0. The largest absolute Gasteiger partial charge is 0.0958 e. The van der Waals surface area contributed by atoms with Crippen molar-refractivity contribution in [3.8, 4) is 0 Å². The number of hydrogen-bond acceptors (Lipinski definition) is 0. The molecule has 0 amide bonds. The molecule has 0 heteroatoms. The van der Waals surface area contributed by atoms with Crippen molar-refractivity contribution in [2.75, 3.05) is 0 Å². The third kappa shape index (κ3) is 1.76. The van der Waals surface area contributed by atoms with Crippen LogP contribution in [0.2, 0.25) is 0 Å². The topological polar surface area (TPSA) is 0 Å². The van der Waals surface area contributed by atoms with E-state index in [9.17, 15) is 0 Å². The first-order valence-corrected chi connectivity index (χ1v) is 5.75. The van der Waals surface area contributed by atoms with Crippen LogP contribution in [-0.4, -0.2) is 0 Å². The lowest BCUT2D eigenvalue weighted by atomic mass is 9.93. The molecule has 0 N–H and O–H groups in total. The highest BCUT2D eigenvalue weighted by molar-refractivity contribution is 5.63. The summed E-state index contributed by atoms with van der Waals surface area (Å²) in [5.41, 5.74) is 5.11. The molecule has 0 unspecified atom stereocenters. The maximum atomic E-state index is 4.24. The van der Waals surface area contributed by atoms with Gasteiger partial charge in [-0.15, -0.1) is 0 Å². The van der Waals surface area contributed by atoms with Crippen LogP contribution in [0.3, 0.4) is 0 Å². The van der Waals surface area contributed by atoms with Crippen LogP contribution < -0.4 is 10.4 Å². The summed E-state index contributed by atoms with van der Waals surface area (Å²) in [5, 5.41) is 2.43. The predicted molar refractivity (Wildman–Crippen MR) is 72.5 cm³/mol. The number of rotatable bonds is 1. The Labute approximate surface area is 97.3 Å². The summed E-state index contributed by atoms with van der Waals surface area (Å²) in [6, 6.07) is 4.36. The Bertz CT molecular complexity index is 571. The van der Waals surface area contributed by atoms with E-state index in [2.05, 4.69) is 44.4 Å². The highest BCUT2D eigenvalue weighted by atomic mass is 14.1. The first-order valence-electron chi connectivity index (χ1n) is 5.75. The molecule has 1 aromatic rings. The van der Waals surface area contributed by atoms with Crippen LogP contribution in [0.15, 0.2) is 30.4 Å². The van der Waals surface area contributed by atoms with E-state index in [1.54, 1.807) is 0 Å². The van der Waals surface area contributed by atoms with Crippen molar-refractivity contribution in [1.29, 1.82) is 0 Å². The van der Waals surface area contributed by atoms with E-state index in [1.807, 2.05) is 6.92 Å². The summed E-state index contributed by atoms with van der Waals surface area (Å²) in [6.07, 6.45) is 6.68. The van der Waals surface area contributed by atoms with Gasteiger partial charge in [0.1, 0.15) is 0 Å². The van der Waals surface area contributed by atoms with Gasteiger partial charge in [-0.3, -0.25) is 0 Å². The van der Waals surface area contributed by atoms with Gasteiger partial charge in [-0.1, -0.05) is 43.0 Å². The van der Waals surface area contributed by atoms with Gasteiger partial charge in [0.05, 0.1) is 0 Å². The molecule has 0 heterocycles. The second-order valence-corrected chi connectivity index (χ2v) is 4.51. The van der Waals surface area contributed by atoms with Crippen LogP contribution in [0.4, 0.5) is 0 Å². The van der Waals surface area contributed by atoms with Crippen molar-refractivity contribution in [1.82, 2.24) is 0 Å². The lowest BCUT2D eigenvalue weighted by Gasteiger charge is -2.12. The van der Waals surface area contributed by atoms with Crippen LogP contribution in [0, 0.1) is 0 Å². The fourth-order valence-corrected chi connectivity index (χ4v) is 2.18. The van der Waals surface area contributed by atoms with Gasteiger partial charge in [-0.05, 0) is 53.8 Å². The fraction of sp³-hybridized carbons (Fsp3) is 0.250. The summed E-state index contributed by atoms with van der Waals surface area (Å²) in [6.45, 7) is 12.4. The lowest BCUT2D eigenvalue weighted by Crippen LogP contribution is -2.30.